The number of allylic oxidation sites excluding steroid dienone is 1. The largest absolute Gasteiger partial charge is 0.507 e. The molecule has 0 aliphatic rings. The topological polar surface area (TPSA) is 37.3 Å². The monoisotopic (exact) mass is 280 g/mol. The third-order valence-electron chi connectivity index (χ3n) is 3.29. The van der Waals surface area contributed by atoms with E-state index in [0.29, 0.717) is 11.1 Å². The van der Waals surface area contributed by atoms with Gasteiger partial charge in [0, 0.05) is 17.2 Å². The molecule has 0 spiro atoms. The molecule has 0 fully saturated rings. The highest BCUT2D eigenvalue weighted by Gasteiger charge is 2.08. The van der Waals surface area contributed by atoms with Crippen LogP contribution in [-0.2, 0) is 0 Å². The summed E-state index contributed by atoms with van der Waals surface area (Å²) in [4.78, 5) is 12.3. The Morgan fingerprint density at radius 2 is 1.14 bits per heavy atom. The van der Waals surface area contributed by atoms with Gasteiger partial charge in [-0.15, -0.1) is 0 Å². The van der Waals surface area contributed by atoms with Crippen LogP contribution in [0.25, 0.3) is 5.76 Å². The van der Waals surface area contributed by atoms with Crippen molar-refractivity contribution >= 4 is 11.5 Å². The van der Waals surface area contributed by atoms with Crippen LogP contribution in [0.2, 0.25) is 0 Å². The zero-order chi connectivity index (χ0) is 15.6. The molecule has 2 nitrogen and oxygen atoms in total. The van der Waals surface area contributed by atoms with Crippen molar-refractivity contribution in [2.24, 2.45) is 0 Å². The Morgan fingerprint density at radius 3 is 1.57 bits per heavy atom. The highest BCUT2D eigenvalue weighted by Crippen LogP contribution is 2.18. The van der Waals surface area contributed by atoms with Gasteiger partial charge in [-0.25, -0.2) is 0 Å². The molecule has 2 aromatic carbocycles. The number of hydrogen-bond donors (Lipinski definition) is 1. The third kappa shape index (κ3) is 3.82. The molecule has 0 amide bonds. The molecule has 0 aliphatic heterocycles. The molecule has 0 radical (unpaired) electrons. The summed E-state index contributed by atoms with van der Waals surface area (Å²) < 4.78 is 0. The minimum absolute atomic E-state index is 0.00552. The van der Waals surface area contributed by atoms with E-state index in [-0.39, 0.29) is 11.5 Å². The van der Waals surface area contributed by atoms with Gasteiger partial charge in [-0.1, -0.05) is 34.4 Å². The van der Waals surface area contributed by atoms with Crippen molar-refractivity contribution in [1.29, 1.82) is 0 Å². The normalized spacial score (nSPS) is 11.5. The van der Waals surface area contributed by atoms with E-state index in [1.54, 1.807) is 0 Å². The van der Waals surface area contributed by atoms with Gasteiger partial charge < -0.3 is 5.11 Å². The maximum atomic E-state index is 12.3. The second kappa shape index (κ2) is 5.96. The Kier molecular flexibility index (Phi) is 4.27. The number of aliphatic hydroxyl groups excluding tert-OH is 1. The van der Waals surface area contributed by atoms with Crippen molar-refractivity contribution < 1.29 is 9.90 Å². The van der Waals surface area contributed by atoms with Gasteiger partial charge in [0.25, 0.3) is 0 Å². The predicted octanol–water partition coefficient (Wildman–Crippen LogP) is 4.70. The van der Waals surface area contributed by atoms with Crippen molar-refractivity contribution in [2.75, 3.05) is 0 Å². The second-order valence-corrected chi connectivity index (χ2v) is 5.65. The van der Waals surface area contributed by atoms with Gasteiger partial charge in [0.1, 0.15) is 5.76 Å². The van der Waals surface area contributed by atoms with Crippen molar-refractivity contribution in [3.63, 3.8) is 0 Å². The van der Waals surface area contributed by atoms with Gasteiger partial charge in [-0.05, 0) is 52.0 Å². The summed E-state index contributed by atoms with van der Waals surface area (Å²) in [7, 11) is 0. The Bertz CT molecular complexity index is 684. The third-order valence-corrected chi connectivity index (χ3v) is 3.29. The Morgan fingerprint density at radius 1 is 0.762 bits per heavy atom. The molecule has 2 heteroatoms. The van der Waals surface area contributed by atoms with Crippen LogP contribution >= 0.6 is 0 Å². The van der Waals surface area contributed by atoms with Gasteiger partial charge in [0.2, 0.25) is 0 Å². The number of ketones is 1. The van der Waals surface area contributed by atoms with Crippen molar-refractivity contribution in [3.8, 4) is 0 Å². The first-order chi connectivity index (χ1) is 9.85. The van der Waals surface area contributed by atoms with Crippen LogP contribution in [0.15, 0.2) is 42.5 Å². The van der Waals surface area contributed by atoms with Gasteiger partial charge in [0.15, 0.2) is 5.78 Å². The average molecular weight is 280 g/mol. The standard InChI is InChI=1S/C19H20O2/c1-12-5-13(2)8-16(7-12)18(20)11-19(21)17-9-14(3)6-15(4)10-17/h5-11,20H,1-4H3/b18-11-. The second-order valence-electron chi connectivity index (χ2n) is 5.65. The van der Waals surface area contributed by atoms with Gasteiger partial charge in [-0.2, -0.15) is 0 Å². The molecular weight excluding hydrogens is 260 g/mol. The summed E-state index contributed by atoms with van der Waals surface area (Å²) in [6, 6.07) is 11.5. The summed E-state index contributed by atoms with van der Waals surface area (Å²) in [6.45, 7) is 7.85. The van der Waals surface area contributed by atoms with Gasteiger partial charge in [-0.3, -0.25) is 4.79 Å². The quantitative estimate of drug-likeness (QED) is 0.502. The van der Waals surface area contributed by atoms with E-state index in [1.807, 2.05) is 64.1 Å². The zero-order valence-corrected chi connectivity index (χ0v) is 12.9. The fourth-order valence-corrected chi connectivity index (χ4v) is 2.53. The smallest absolute Gasteiger partial charge is 0.189 e. The van der Waals surface area contributed by atoms with Crippen LogP contribution in [-0.4, -0.2) is 10.9 Å². The molecule has 0 aromatic heterocycles. The van der Waals surface area contributed by atoms with E-state index in [4.69, 9.17) is 0 Å². The number of aliphatic hydroxyl groups is 1. The molecule has 108 valence electrons. The first-order valence-electron chi connectivity index (χ1n) is 6.97. The molecule has 0 heterocycles. The SMILES string of the molecule is Cc1cc(C)cc(C(=O)/C=C(\O)c2cc(C)cc(C)c2)c1. The summed E-state index contributed by atoms with van der Waals surface area (Å²) >= 11 is 0. The lowest BCUT2D eigenvalue weighted by molar-refractivity contribution is 0.104. The van der Waals surface area contributed by atoms with Crippen LogP contribution in [0.3, 0.4) is 0 Å². The highest BCUT2D eigenvalue weighted by molar-refractivity contribution is 6.08. The van der Waals surface area contributed by atoms with E-state index < -0.39 is 0 Å². The van der Waals surface area contributed by atoms with Crippen LogP contribution in [0.4, 0.5) is 0 Å². The number of carbonyl (C=O) groups is 1. The number of hydrogen-bond acceptors (Lipinski definition) is 2. The van der Waals surface area contributed by atoms with Gasteiger partial charge >= 0.3 is 0 Å². The maximum Gasteiger partial charge on any atom is 0.189 e. The van der Waals surface area contributed by atoms with Crippen LogP contribution in [0, 0.1) is 27.7 Å². The first-order valence-corrected chi connectivity index (χ1v) is 6.97. The average Bonchev–Trinajstić information content (AvgIpc) is 2.36. The molecule has 0 bridgehead atoms. The summed E-state index contributed by atoms with van der Waals surface area (Å²) in [6.07, 6.45) is 1.29. The van der Waals surface area contributed by atoms with E-state index >= 15 is 0 Å². The molecular formula is C19H20O2. The lowest BCUT2D eigenvalue weighted by atomic mass is 10.0. The zero-order valence-electron chi connectivity index (χ0n) is 12.9. The van der Waals surface area contributed by atoms with Crippen LogP contribution < -0.4 is 0 Å². The van der Waals surface area contributed by atoms with Crippen LogP contribution in [0.5, 0.6) is 0 Å². The Labute approximate surface area is 125 Å². The van der Waals surface area contributed by atoms with Crippen molar-refractivity contribution in [2.45, 2.75) is 27.7 Å². The Balaban J connectivity index is 2.35. The number of benzene rings is 2. The molecule has 0 saturated carbocycles. The minimum atomic E-state index is -0.182. The molecule has 21 heavy (non-hydrogen) atoms. The number of aryl methyl sites for hydroxylation is 4. The summed E-state index contributed by atoms with van der Waals surface area (Å²) in [5.74, 6) is -0.176. The first kappa shape index (κ1) is 15.0. The lowest BCUT2D eigenvalue weighted by Gasteiger charge is -2.05. The molecule has 2 aromatic rings. The molecule has 0 saturated heterocycles. The van der Waals surface area contributed by atoms with Crippen LogP contribution in [0.1, 0.15) is 38.2 Å². The van der Waals surface area contributed by atoms with E-state index in [1.165, 1.54) is 6.08 Å². The molecule has 0 atom stereocenters. The Hall–Kier alpha value is -2.35. The fourth-order valence-electron chi connectivity index (χ4n) is 2.53. The van der Waals surface area contributed by atoms with Crippen molar-refractivity contribution in [1.82, 2.24) is 0 Å². The lowest BCUT2D eigenvalue weighted by Crippen LogP contribution is -1.98. The van der Waals surface area contributed by atoms with E-state index in [9.17, 15) is 9.90 Å². The predicted molar refractivity (Wildman–Crippen MR) is 86.8 cm³/mol. The number of carbonyl (C=O) groups excluding carboxylic acids is 1. The highest BCUT2D eigenvalue weighted by atomic mass is 16.3. The van der Waals surface area contributed by atoms with Crippen molar-refractivity contribution in [3.05, 3.63) is 75.9 Å². The molecule has 2 rings (SSSR count). The minimum Gasteiger partial charge on any atom is -0.507 e. The summed E-state index contributed by atoms with van der Waals surface area (Å²) in [5.41, 5.74) is 5.47. The number of rotatable bonds is 3. The molecule has 0 unspecified atom stereocenters. The van der Waals surface area contributed by atoms with E-state index in [0.717, 1.165) is 22.3 Å². The molecule has 0 aliphatic carbocycles. The molecule has 1 N–H and O–H groups in total. The summed E-state index contributed by atoms with van der Waals surface area (Å²) in [5, 5.41) is 10.2. The maximum absolute atomic E-state index is 12.3. The van der Waals surface area contributed by atoms with Gasteiger partial charge in [0.05, 0.1) is 0 Å². The fraction of sp³-hybridized carbons (Fsp3) is 0.211. The van der Waals surface area contributed by atoms with E-state index in [2.05, 4.69) is 0 Å².